The number of hydrogen-bond acceptors (Lipinski definition) is 3. The van der Waals surface area contributed by atoms with Crippen molar-refractivity contribution < 1.29 is 9.53 Å². The minimum atomic E-state index is -0.169. The highest BCUT2D eigenvalue weighted by atomic mass is 35.5. The van der Waals surface area contributed by atoms with Gasteiger partial charge >= 0.3 is 0 Å². The standard InChI is InChI=1S/C17H17ClN2O2/c1-22-15-8-3-2-6-12(15)17(21)20-14-10-19-9-11-5-4-7-13(18)16(11)14/h2-8,14,19H,9-10H2,1H3,(H,20,21). The summed E-state index contributed by atoms with van der Waals surface area (Å²) in [5.41, 5.74) is 2.62. The van der Waals surface area contributed by atoms with E-state index in [0.29, 0.717) is 22.9 Å². The summed E-state index contributed by atoms with van der Waals surface area (Å²) in [5, 5.41) is 7.02. The van der Waals surface area contributed by atoms with Gasteiger partial charge < -0.3 is 15.4 Å². The lowest BCUT2D eigenvalue weighted by atomic mass is 9.96. The van der Waals surface area contributed by atoms with Gasteiger partial charge in [0, 0.05) is 18.1 Å². The van der Waals surface area contributed by atoms with Crippen LogP contribution in [0.5, 0.6) is 5.75 Å². The number of para-hydroxylation sites is 1. The number of ether oxygens (including phenoxy) is 1. The molecule has 0 spiro atoms. The highest BCUT2D eigenvalue weighted by molar-refractivity contribution is 6.31. The fourth-order valence-electron chi connectivity index (χ4n) is 2.77. The van der Waals surface area contributed by atoms with Gasteiger partial charge in [-0.2, -0.15) is 0 Å². The molecular formula is C17H17ClN2O2. The molecule has 0 fully saturated rings. The van der Waals surface area contributed by atoms with Gasteiger partial charge in [0.2, 0.25) is 0 Å². The largest absolute Gasteiger partial charge is 0.496 e. The van der Waals surface area contributed by atoms with Crippen LogP contribution in [0, 0.1) is 0 Å². The van der Waals surface area contributed by atoms with Gasteiger partial charge in [-0.15, -0.1) is 0 Å². The molecule has 114 valence electrons. The number of benzene rings is 2. The zero-order valence-corrected chi connectivity index (χ0v) is 13.0. The fraction of sp³-hybridized carbons (Fsp3) is 0.235. The average Bonchev–Trinajstić information content (AvgIpc) is 2.55. The molecule has 2 aromatic carbocycles. The molecule has 2 N–H and O–H groups in total. The summed E-state index contributed by atoms with van der Waals surface area (Å²) < 4.78 is 5.25. The van der Waals surface area contributed by atoms with Crippen LogP contribution in [0.15, 0.2) is 42.5 Å². The van der Waals surface area contributed by atoms with Crippen molar-refractivity contribution in [1.82, 2.24) is 10.6 Å². The minimum Gasteiger partial charge on any atom is -0.496 e. The Labute approximate surface area is 134 Å². The first-order valence-corrected chi connectivity index (χ1v) is 7.50. The zero-order valence-electron chi connectivity index (χ0n) is 12.2. The van der Waals surface area contributed by atoms with E-state index in [9.17, 15) is 4.79 Å². The summed E-state index contributed by atoms with van der Waals surface area (Å²) in [5.74, 6) is 0.389. The van der Waals surface area contributed by atoms with E-state index in [1.165, 1.54) is 0 Å². The van der Waals surface area contributed by atoms with Crippen LogP contribution < -0.4 is 15.4 Å². The van der Waals surface area contributed by atoms with Gasteiger partial charge in [0.15, 0.2) is 0 Å². The van der Waals surface area contributed by atoms with Crippen molar-refractivity contribution in [1.29, 1.82) is 0 Å². The lowest BCUT2D eigenvalue weighted by molar-refractivity contribution is 0.0931. The molecule has 0 aromatic heterocycles. The summed E-state index contributed by atoms with van der Waals surface area (Å²) in [6.07, 6.45) is 0. The Morgan fingerprint density at radius 1 is 1.27 bits per heavy atom. The molecule has 1 unspecified atom stereocenters. The van der Waals surface area contributed by atoms with E-state index in [2.05, 4.69) is 10.6 Å². The Morgan fingerprint density at radius 3 is 2.91 bits per heavy atom. The normalized spacial score (nSPS) is 16.7. The lowest BCUT2D eigenvalue weighted by Gasteiger charge is -2.28. The van der Waals surface area contributed by atoms with Gasteiger partial charge in [0.25, 0.3) is 5.91 Å². The summed E-state index contributed by atoms with van der Waals surface area (Å²) in [7, 11) is 1.56. The van der Waals surface area contributed by atoms with Crippen LogP contribution in [0.25, 0.3) is 0 Å². The Bertz CT molecular complexity index is 703. The quantitative estimate of drug-likeness (QED) is 0.915. The molecule has 3 rings (SSSR count). The van der Waals surface area contributed by atoms with E-state index < -0.39 is 0 Å². The third-order valence-electron chi connectivity index (χ3n) is 3.81. The maximum atomic E-state index is 12.6. The third kappa shape index (κ3) is 2.80. The monoisotopic (exact) mass is 316 g/mol. The van der Waals surface area contributed by atoms with Crippen LogP contribution in [-0.2, 0) is 6.54 Å². The van der Waals surface area contributed by atoms with Gasteiger partial charge in [0.1, 0.15) is 5.75 Å². The van der Waals surface area contributed by atoms with Crippen molar-refractivity contribution >= 4 is 17.5 Å². The number of nitrogens with one attached hydrogen (secondary N) is 2. The van der Waals surface area contributed by atoms with Gasteiger partial charge in [-0.1, -0.05) is 35.9 Å². The number of methoxy groups -OCH3 is 1. The molecule has 22 heavy (non-hydrogen) atoms. The predicted octanol–water partition coefficient (Wildman–Crippen LogP) is 2.92. The van der Waals surface area contributed by atoms with E-state index in [4.69, 9.17) is 16.3 Å². The maximum absolute atomic E-state index is 12.6. The molecule has 5 heteroatoms. The SMILES string of the molecule is COc1ccccc1C(=O)NC1CNCc2cccc(Cl)c21. The van der Waals surface area contributed by atoms with Crippen LogP contribution in [0.1, 0.15) is 27.5 Å². The van der Waals surface area contributed by atoms with E-state index in [0.717, 1.165) is 17.7 Å². The van der Waals surface area contributed by atoms with Crippen LogP contribution in [0.2, 0.25) is 5.02 Å². The molecule has 0 saturated carbocycles. The van der Waals surface area contributed by atoms with E-state index in [1.54, 1.807) is 19.2 Å². The molecule has 0 radical (unpaired) electrons. The maximum Gasteiger partial charge on any atom is 0.255 e. The van der Waals surface area contributed by atoms with Crippen LogP contribution in [-0.4, -0.2) is 19.6 Å². The predicted molar refractivity (Wildman–Crippen MR) is 86.4 cm³/mol. The topological polar surface area (TPSA) is 50.4 Å². The van der Waals surface area contributed by atoms with Gasteiger partial charge in [-0.3, -0.25) is 4.79 Å². The average molecular weight is 317 g/mol. The van der Waals surface area contributed by atoms with Crippen molar-refractivity contribution in [2.24, 2.45) is 0 Å². The second-order valence-corrected chi connectivity index (χ2v) is 5.58. The van der Waals surface area contributed by atoms with Crippen molar-refractivity contribution in [3.8, 4) is 5.75 Å². The lowest BCUT2D eigenvalue weighted by Crippen LogP contribution is -2.39. The van der Waals surface area contributed by atoms with Crippen molar-refractivity contribution in [2.75, 3.05) is 13.7 Å². The molecule has 1 aliphatic heterocycles. The summed E-state index contributed by atoms with van der Waals surface area (Å²) in [4.78, 5) is 12.6. The van der Waals surface area contributed by atoms with Crippen LogP contribution in [0.4, 0.5) is 0 Å². The molecule has 2 aromatic rings. The molecular weight excluding hydrogens is 300 g/mol. The van der Waals surface area contributed by atoms with Crippen LogP contribution in [0.3, 0.4) is 0 Å². The summed E-state index contributed by atoms with van der Waals surface area (Å²) in [6.45, 7) is 1.41. The zero-order chi connectivity index (χ0) is 15.5. The molecule has 1 aliphatic rings. The second-order valence-electron chi connectivity index (χ2n) is 5.17. The molecule has 0 bridgehead atoms. The molecule has 1 heterocycles. The Balaban J connectivity index is 1.87. The molecule has 1 atom stereocenters. The first-order valence-electron chi connectivity index (χ1n) is 7.12. The molecule has 4 nitrogen and oxygen atoms in total. The van der Waals surface area contributed by atoms with Gasteiger partial charge in [-0.25, -0.2) is 0 Å². The van der Waals surface area contributed by atoms with Crippen LogP contribution >= 0.6 is 11.6 Å². The highest BCUT2D eigenvalue weighted by Crippen LogP contribution is 2.30. The van der Waals surface area contributed by atoms with Gasteiger partial charge in [-0.05, 0) is 29.3 Å². The van der Waals surface area contributed by atoms with E-state index >= 15 is 0 Å². The Morgan fingerprint density at radius 2 is 2.09 bits per heavy atom. The fourth-order valence-corrected chi connectivity index (χ4v) is 3.10. The number of hydrogen-bond donors (Lipinski definition) is 2. The number of carbonyl (C=O) groups excluding carboxylic acids is 1. The molecule has 0 aliphatic carbocycles. The summed E-state index contributed by atoms with van der Waals surface area (Å²) in [6, 6.07) is 12.8. The highest BCUT2D eigenvalue weighted by Gasteiger charge is 2.25. The smallest absolute Gasteiger partial charge is 0.255 e. The van der Waals surface area contributed by atoms with E-state index in [1.807, 2.05) is 30.3 Å². The molecule has 1 amide bonds. The Hall–Kier alpha value is -2.04. The first-order chi connectivity index (χ1) is 10.7. The van der Waals surface area contributed by atoms with Gasteiger partial charge in [0.05, 0.1) is 18.7 Å². The van der Waals surface area contributed by atoms with Crippen molar-refractivity contribution in [3.63, 3.8) is 0 Å². The number of fused-ring (bicyclic) bond motifs is 1. The first kappa shape index (κ1) is 14.9. The number of amides is 1. The number of halogens is 1. The van der Waals surface area contributed by atoms with Crippen molar-refractivity contribution in [3.05, 3.63) is 64.2 Å². The third-order valence-corrected chi connectivity index (χ3v) is 4.14. The Kier molecular flexibility index (Phi) is 4.32. The second kappa shape index (κ2) is 6.38. The van der Waals surface area contributed by atoms with Crippen molar-refractivity contribution in [2.45, 2.75) is 12.6 Å². The molecule has 0 saturated heterocycles. The number of carbonyl (C=O) groups is 1. The van der Waals surface area contributed by atoms with E-state index in [-0.39, 0.29) is 11.9 Å². The summed E-state index contributed by atoms with van der Waals surface area (Å²) >= 11 is 6.32. The number of rotatable bonds is 3. The minimum absolute atomic E-state index is 0.158.